The van der Waals surface area contributed by atoms with Crippen LogP contribution in [0, 0.1) is 0 Å². The van der Waals surface area contributed by atoms with Crippen molar-refractivity contribution < 1.29 is 19.2 Å². The van der Waals surface area contributed by atoms with E-state index in [2.05, 4.69) is 31.9 Å². The summed E-state index contributed by atoms with van der Waals surface area (Å²) < 4.78 is 0. The van der Waals surface area contributed by atoms with E-state index in [1.807, 2.05) is 0 Å². The van der Waals surface area contributed by atoms with Crippen LogP contribution in [-0.4, -0.2) is 98.4 Å². The average molecular weight is 453 g/mol. The van der Waals surface area contributed by atoms with Gasteiger partial charge in [0.25, 0.3) is 0 Å². The molecule has 0 aromatic heterocycles. The van der Waals surface area contributed by atoms with Crippen molar-refractivity contribution in [1.29, 1.82) is 0 Å². The SMILES string of the molecule is CNC(=O)N[C@@H]1CCN(C(=O)N[C@H]2CC[C@H](NC(=O)N3CC[C@@H](NC(=O)NC)C3)CC2)C1. The van der Waals surface area contributed by atoms with E-state index < -0.39 is 0 Å². The van der Waals surface area contributed by atoms with Crippen LogP contribution in [-0.2, 0) is 0 Å². The molecule has 0 aromatic rings. The maximum absolute atomic E-state index is 12.6. The predicted octanol–water partition coefficient (Wildman–Crippen LogP) is -0.277. The van der Waals surface area contributed by atoms with E-state index >= 15 is 0 Å². The standard InChI is InChI=1S/C20H36N8O4/c1-21-17(29)23-15-7-9-27(11-15)19(31)25-13-3-5-14(6-4-13)26-20(32)28-10-8-16(12-28)24-18(30)22-2/h13-16H,3-12H2,1-2H3,(H,25,31)(H,26,32)(H2,21,23,29)(H2,22,24,30)/t13-,14-,15-,16-/m1/s1. The molecule has 0 spiro atoms. The Morgan fingerprint density at radius 1 is 0.562 bits per heavy atom. The van der Waals surface area contributed by atoms with E-state index in [-0.39, 0.29) is 48.3 Å². The minimum absolute atomic E-state index is 0.0246. The normalized spacial score (nSPS) is 27.4. The highest BCUT2D eigenvalue weighted by Gasteiger charge is 2.32. The van der Waals surface area contributed by atoms with Crippen LogP contribution in [0.3, 0.4) is 0 Å². The van der Waals surface area contributed by atoms with Crippen molar-refractivity contribution in [2.24, 2.45) is 0 Å². The first-order valence-corrected chi connectivity index (χ1v) is 11.4. The monoisotopic (exact) mass is 452 g/mol. The lowest BCUT2D eigenvalue weighted by Crippen LogP contribution is -2.50. The number of urea groups is 4. The van der Waals surface area contributed by atoms with Crippen molar-refractivity contribution in [3.05, 3.63) is 0 Å². The smallest absolute Gasteiger partial charge is 0.317 e. The highest BCUT2D eigenvalue weighted by atomic mass is 16.2. The van der Waals surface area contributed by atoms with Crippen LogP contribution < -0.4 is 31.9 Å². The summed E-state index contributed by atoms with van der Waals surface area (Å²) >= 11 is 0. The Kier molecular flexibility index (Phi) is 8.23. The van der Waals surface area contributed by atoms with Crippen molar-refractivity contribution >= 4 is 24.1 Å². The Labute approximate surface area is 188 Å². The molecule has 0 unspecified atom stereocenters. The van der Waals surface area contributed by atoms with Crippen LogP contribution in [0.2, 0.25) is 0 Å². The van der Waals surface area contributed by atoms with E-state index in [0.717, 1.165) is 38.5 Å². The molecule has 3 aliphatic rings. The zero-order chi connectivity index (χ0) is 23.1. The molecule has 1 aliphatic carbocycles. The molecule has 8 amide bonds. The molecule has 12 nitrogen and oxygen atoms in total. The summed E-state index contributed by atoms with van der Waals surface area (Å²) in [5.74, 6) is 0. The van der Waals surface area contributed by atoms with Crippen molar-refractivity contribution in [2.75, 3.05) is 40.3 Å². The molecule has 32 heavy (non-hydrogen) atoms. The third kappa shape index (κ3) is 6.54. The molecular formula is C20H36N8O4. The van der Waals surface area contributed by atoms with Gasteiger partial charge in [0.2, 0.25) is 0 Å². The van der Waals surface area contributed by atoms with Gasteiger partial charge in [0.15, 0.2) is 0 Å². The van der Waals surface area contributed by atoms with Crippen molar-refractivity contribution in [3.63, 3.8) is 0 Å². The molecule has 3 fully saturated rings. The molecule has 180 valence electrons. The molecule has 0 bridgehead atoms. The lowest BCUT2D eigenvalue weighted by Gasteiger charge is -2.32. The second kappa shape index (κ2) is 11.1. The maximum atomic E-state index is 12.6. The summed E-state index contributed by atoms with van der Waals surface area (Å²) in [6.45, 7) is 2.27. The largest absolute Gasteiger partial charge is 0.341 e. The topological polar surface area (TPSA) is 147 Å². The third-order valence-corrected chi connectivity index (χ3v) is 6.46. The van der Waals surface area contributed by atoms with Gasteiger partial charge in [0, 0.05) is 64.4 Å². The molecule has 2 atom stereocenters. The first-order chi connectivity index (χ1) is 15.4. The van der Waals surface area contributed by atoms with Crippen molar-refractivity contribution in [3.8, 4) is 0 Å². The highest BCUT2D eigenvalue weighted by Crippen LogP contribution is 2.20. The van der Waals surface area contributed by atoms with E-state index in [1.165, 1.54) is 0 Å². The van der Waals surface area contributed by atoms with E-state index in [1.54, 1.807) is 23.9 Å². The van der Waals surface area contributed by atoms with Gasteiger partial charge in [0.05, 0.1) is 0 Å². The first kappa shape index (κ1) is 23.7. The summed E-state index contributed by atoms with van der Waals surface area (Å²) in [5, 5.41) is 16.9. The molecule has 0 radical (unpaired) electrons. The molecule has 2 heterocycles. The highest BCUT2D eigenvalue weighted by molar-refractivity contribution is 5.77. The van der Waals surface area contributed by atoms with Crippen LogP contribution in [0.5, 0.6) is 0 Å². The Balaban J connectivity index is 1.33. The molecule has 2 aliphatic heterocycles. The number of hydrogen-bond acceptors (Lipinski definition) is 4. The van der Waals surface area contributed by atoms with Crippen LogP contribution in [0.4, 0.5) is 19.2 Å². The number of rotatable bonds is 4. The Bertz CT molecular complexity index is 639. The van der Waals surface area contributed by atoms with E-state index in [4.69, 9.17) is 0 Å². The number of nitrogens with zero attached hydrogens (tertiary/aromatic N) is 2. The van der Waals surface area contributed by atoms with Gasteiger partial charge in [-0.3, -0.25) is 0 Å². The maximum Gasteiger partial charge on any atom is 0.317 e. The minimum atomic E-state index is -0.232. The van der Waals surface area contributed by atoms with E-state index in [9.17, 15) is 19.2 Å². The lowest BCUT2D eigenvalue weighted by molar-refractivity contribution is 0.189. The Morgan fingerprint density at radius 3 is 1.28 bits per heavy atom. The van der Waals surface area contributed by atoms with Gasteiger partial charge in [0.1, 0.15) is 0 Å². The van der Waals surface area contributed by atoms with Crippen molar-refractivity contribution in [1.82, 2.24) is 41.7 Å². The van der Waals surface area contributed by atoms with Crippen LogP contribution >= 0.6 is 0 Å². The van der Waals surface area contributed by atoms with Gasteiger partial charge in [-0.25, -0.2) is 19.2 Å². The summed E-state index contributed by atoms with van der Waals surface area (Å²) in [7, 11) is 3.14. The fraction of sp³-hybridized carbons (Fsp3) is 0.800. The Morgan fingerprint density at radius 2 is 0.938 bits per heavy atom. The fourth-order valence-corrected chi connectivity index (χ4v) is 4.55. The molecule has 12 heteroatoms. The summed E-state index contributed by atoms with van der Waals surface area (Å²) in [6, 6.07) is -0.513. The van der Waals surface area contributed by atoms with Gasteiger partial charge < -0.3 is 41.7 Å². The zero-order valence-corrected chi connectivity index (χ0v) is 18.9. The number of likely N-dealkylation sites (tertiary alicyclic amines) is 2. The number of carbonyl (C=O) groups excluding carboxylic acids is 4. The van der Waals surface area contributed by atoms with Gasteiger partial charge >= 0.3 is 24.1 Å². The van der Waals surface area contributed by atoms with Gasteiger partial charge in [-0.2, -0.15) is 0 Å². The summed E-state index contributed by atoms with van der Waals surface area (Å²) in [6.07, 6.45) is 4.73. The predicted molar refractivity (Wildman–Crippen MR) is 118 cm³/mol. The lowest BCUT2D eigenvalue weighted by atomic mass is 9.91. The number of nitrogens with one attached hydrogen (secondary N) is 6. The number of amides is 8. The van der Waals surface area contributed by atoms with E-state index in [0.29, 0.717) is 26.2 Å². The van der Waals surface area contributed by atoms with Crippen LogP contribution in [0.15, 0.2) is 0 Å². The van der Waals surface area contributed by atoms with Gasteiger partial charge in [-0.05, 0) is 38.5 Å². The number of hydrogen-bond donors (Lipinski definition) is 6. The molecule has 0 aromatic carbocycles. The second-order valence-corrected chi connectivity index (χ2v) is 8.76. The number of carbonyl (C=O) groups is 4. The third-order valence-electron chi connectivity index (χ3n) is 6.46. The molecule has 6 N–H and O–H groups in total. The van der Waals surface area contributed by atoms with Crippen LogP contribution in [0.25, 0.3) is 0 Å². The molecular weight excluding hydrogens is 416 g/mol. The quantitative estimate of drug-likeness (QED) is 0.348. The van der Waals surface area contributed by atoms with Gasteiger partial charge in [-0.15, -0.1) is 0 Å². The summed E-state index contributed by atoms with van der Waals surface area (Å²) in [4.78, 5) is 51.4. The first-order valence-electron chi connectivity index (χ1n) is 11.4. The molecule has 3 rings (SSSR count). The summed E-state index contributed by atoms with van der Waals surface area (Å²) in [5.41, 5.74) is 0. The minimum Gasteiger partial charge on any atom is -0.341 e. The second-order valence-electron chi connectivity index (χ2n) is 8.76. The Hall–Kier alpha value is -2.92. The van der Waals surface area contributed by atoms with Gasteiger partial charge in [-0.1, -0.05) is 0 Å². The molecule has 1 saturated carbocycles. The fourth-order valence-electron chi connectivity index (χ4n) is 4.55. The zero-order valence-electron chi connectivity index (χ0n) is 18.9. The van der Waals surface area contributed by atoms with Crippen LogP contribution in [0.1, 0.15) is 38.5 Å². The van der Waals surface area contributed by atoms with Crippen molar-refractivity contribution in [2.45, 2.75) is 62.7 Å². The average Bonchev–Trinajstić information content (AvgIpc) is 3.44. The molecule has 2 saturated heterocycles.